The maximum absolute atomic E-state index is 5.25. The van der Waals surface area contributed by atoms with Crippen LogP contribution in [0.3, 0.4) is 0 Å². The van der Waals surface area contributed by atoms with Crippen LogP contribution in [0.2, 0.25) is 0 Å². The number of pyridine rings is 4. The molecule has 11 rings (SSSR count). The number of benzene rings is 7. The molecule has 11 aromatic rings. The van der Waals surface area contributed by atoms with Crippen LogP contribution in [0.15, 0.2) is 200 Å². The molecule has 0 N–H and O–H groups in total. The van der Waals surface area contributed by atoms with Crippen molar-refractivity contribution in [3.63, 3.8) is 0 Å². The van der Waals surface area contributed by atoms with Gasteiger partial charge in [-0.15, -0.1) is 0 Å². The molecule has 0 saturated carbocycles. The second-order valence-electron chi connectivity index (χ2n) is 16.6. The minimum absolute atomic E-state index is 0.426. The molecule has 0 amide bonds. The van der Waals surface area contributed by atoms with Gasteiger partial charge in [0.2, 0.25) is 0 Å². The molecule has 0 saturated heterocycles. The lowest BCUT2D eigenvalue weighted by molar-refractivity contribution is 0.693. The van der Waals surface area contributed by atoms with E-state index in [4.69, 9.17) is 19.9 Å². The van der Waals surface area contributed by atoms with E-state index in [0.29, 0.717) is 0 Å². The fraction of sp³-hybridized carbons (Fsp3) is 0.0690. The lowest BCUT2D eigenvalue weighted by Crippen LogP contribution is -2.25. The summed E-state index contributed by atoms with van der Waals surface area (Å²) >= 11 is 0. The predicted octanol–water partition coefficient (Wildman–Crippen LogP) is 14.5. The maximum Gasteiger partial charge on any atom is 0.0972 e. The summed E-state index contributed by atoms with van der Waals surface area (Å²) in [4.78, 5) is 20.8. The SMILES string of the molecule is Cc1ccc(-c2ccc3ccc4ccc(-c5ccc(C(C)(c6ccccc6)c6ccc(-c7ccc8ccc9ccc(-c%10ccc(C)cc%10)nc9c8n7)cc6)cc5)nc4c3n2)cc1. The van der Waals surface area contributed by atoms with Gasteiger partial charge in [0.1, 0.15) is 0 Å². The van der Waals surface area contributed by atoms with Crippen LogP contribution in [0.5, 0.6) is 0 Å². The van der Waals surface area contributed by atoms with Crippen molar-refractivity contribution in [1.29, 1.82) is 0 Å². The average Bonchev–Trinajstić information content (AvgIpc) is 3.34. The highest BCUT2D eigenvalue weighted by Gasteiger charge is 2.31. The van der Waals surface area contributed by atoms with Crippen molar-refractivity contribution in [2.24, 2.45) is 0 Å². The first-order valence-electron chi connectivity index (χ1n) is 21.2. The first-order valence-corrected chi connectivity index (χ1v) is 21.2. The summed E-state index contributed by atoms with van der Waals surface area (Å²) in [5.41, 5.74) is 17.3. The van der Waals surface area contributed by atoms with Crippen molar-refractivity contribution in [1.82, 2.24) is 19.9 Å². The highest BCUT2D eigenvalue weighted by atomic mass is 14.8. The first-order chi connectivity index (χ1) is 30.4. The smallest absolute Gasteiger partial charge is 0.0972 e. The minimum atomic E-state index is -0.426. The van der Waals surface area contributed by atoms with E-state index in [9.17, 15) is 0 Å². The van der Waals surface area contributed by atoms with Crippen LogP contribution < -0.4 is 0 Å². The summed E-state index contributed by atoms with van der Waals surface area (Å²) in [6, 6.07) is 71.3. The van der Waals surface area contributed by atoms with Crippen LogP contribution in [-0.2, 0) is 5.41 Å². The summed E-state index contributed by atoms with van der Waals surface area (Å²) < 4.78 is 0. The van der Waals surface area contributed by atoms with Gasteiger partial charge in [0.05, 0.1) is 44.8 Å². The van der Waals surface area contributed by atoms with Gasteiger partial charge in [-0.25, -0.2) is 19.9 Å². The maximum atomic E-state index is 5.25. The number of hydrogen-bond donors (Lipinski definition) is 0. The van der Waals surface area contributed by atoms with Crippen molar-refractivity contribution in [2.45, 2.75) is 26.2 Å². The molecule has 7 aromatic carbocycles. The van der Waals surface area contributed by atoms with E-state index in [1.165, 1.54) is 27.8 Å². The van der Waals surface area contributed by atoms with Gasteiger partial charge in [0.15, 0.2) is 0 Å². The molecule has 0 aliphatic rings. The molecule has 0 aliphatic carbocycles. The van der Waals surface area contributed by atoms with Crippen LogP contribution in [0.4, 0.5) is 0 Å². The molecule has 4 heteroatoms. The topological polar surface area (TPSA) is 51.6 Å². The molecule has 0 spiro atoms. The van der Waals surface area contributed by atoms with E-state index in [-0.39, 0.29) is 0 Å². The van der Waals surface area contributed by atoms with Gasteiger partial charge in [0.25, 0.3) is 0 Å². The van der Waals surface area contributed by atoms with Crippen molar-refractivity contribution in [2.75, 3.05) is 0 Å². The van der Waals surface area contributed by atoms with E-state index in [0.717, 1.165) is 88.6 Å². The summed E-state index contributed by atoms with van der Waals surface area (Å²) in [6.45, 7) is 6.53. The monoisotopic (exact) mass is 794 g/mol. The molecule has 0 radical (unpaired) electrons. The number of hydrogen-bond acceptors (Lipinski definition) is 4. The molecule has 0 bridgehead atoms. The third-order valence-corrected chi connectivity index (χ3v) is 12.6. The molecule has 0 aliphatic heterocycles. The lowest BCUT2D eigenvalue weighted by atomic mass is 9.71. The fourth-order valence-corrected chi connectivity index (χ4v) is 8.85. The molecule has 4 heterocycles. The van der Waals surface area contributed by atoms with E-state index in [1.807, 2.05) is 0 Å². The Morgan fingerprint density at radius 3 is 0.839 bits per heavy atom. The summed E-state index contributed by atoms with van der Waals surface area (Å²) in [5.74, 6) is 0. The number of nitrogens with zero attached hydrogens (tertiary/aromatic N) is 4. The van der Waals surface area contributed by atoms with Crippen molar-refractivity contribution >= 4 is 43.6 Å². The largest absolute Gasteiger partial charge is 0.245 e. The third kappa shape index (κ3) is 6.57. The summed E-state index contributed by atoms with van der Waals surface area (Å²) in [7, 11) is 0. The second kappa shape index (κ2) is 15.0. The van der Waals surface area contributed by atoms with Gasteiger partial charge in [0, 0.05) is 49.2 Å². The van der Waals surface area contributed by atoms with Crippen LogP contribution in [-0.4, -0.2) is 19.9 Å². The Morgan fingerprint density at radius 2 is 0.532 bits per heavy atom. The van der Waals surface area contributed by atoms with E-state index in [1.54, 1.807) is 0 Å². The standard InChI is InChI=1S/C58H42N4/c1-37-9-13-39(14-10-37)50-33-25-43-17-19-45-27-35-52(61-56(45)54(43)59-50)41-21-29-48(30-22-41)58(3,47-7-5-4-6-8-47)49-31-23-42(24-32-49)53-36-28-46-20-18-44-26-34-51(60-55(44)57(46)62-53)40-15-11-38(2)12-16-40/h4-36H,1-3H3. The van der Waals surface area contributed by atoms with E-state index in [2.05, 4.69) is 221 Å². The zero-order valence-electron chi connectivity index (χ0n) is 34.8. The predicted molar refractivity (Wildman–Crippen MR) is 257 cm³/mol. The highest BCUT2D eigenvalue weighted by Crippen LogP contribution is 2.41. The Balaban J connectivity index is 0.941. The summed E-state index contributed by atoms with van der Waals surface area (Å²) in [6.07, 6.45) is 0. The lowest BCUT2D eigenvalue weighted by Gasteiger charge is -2.32. The van der Waals surface area contributed by atoms with Gasteiger partial charge in [-0.2, -0.15) is 0 Å². The fourth-order valence-electron chi connectivity index (χ4n) is 8.85. The zero-order valence-corrected chi connectivity index (χ0v) is 34.8. The summed E-state index contributed by atoms with van der Waals surface area (Å²) in [5, 5.41) is 4.30. The molecular formula is C58H42N4. The van der Waals surface area contributed by atoms with Crippen molar-refractivity contribution < 1.29 is 0 Å². The number of aryl methyl sites for hydroxylation is 2. The van der Waals surface area contributed by atoms with Crippen LogP contribution in [0.1, 0.15) is 34.7 Å². The van der Waals surface area contributed by atoms with Crippen LogP contribution in [0.25, 0.3) is 88.6 Å². The molecule has 0 unspecified atom stereocenters. The molecule has 294 valence electrons. The Labute approximate surface area is 361 Å². The van der Waals surface area contributed by atoms with Crippen LogP contribution >= 0.6 is 0 Å². The normalized spacial score (nSPS) is 11.8. The van der Waals surface area contributed by atoms with E-state index >= 15 is 0 Å². The number of fused-ring (bicyclic) bond motifs is 6. The van der Waals surface area contributed by atoms with Crippen molar-refractivity contribution in [3.05, 3.63) is 228 Å². The zero-order chi connectivity index (χ0) is 41.8. The molecular weight excluding hydrogens is 753 g/mol. The Bertz CT molecular complexity index is 3240. The van der Waals surface area contributed by atoms with E-state index < -0.39 is 5.41 Å². The molecule has 0 fully saturated rings. The molecule has 62 heavy (non-hydrogen) atoms. The minimum Gasteiger partial charge on any atom is -0.245 e. The van der Waals surface area contributed by atoms with Crippen molar-refractivity contribution in [3.8, 4) is 45.0 Å². The molecule has 4 aromatic heterocycles. The van der Waals surface area contributed by atoms with Gasteiger partial charge in [-0.3, -0.25) is 0 Å². The van der Waals surface area contributed by atoms with Crippen LogP contribution in [0, 0.1) is 13.8 Å². The average molecular weight is 795 g/mol. The number of aromatic nitrogens is 4. The third-order valence-electron chi connectivity index (χ3n) is 12.6. The van der Waals surface area contributed by atoms with Gasteiger partial charge in [-0.05, 0) is 61.7 Å². The first kappa shape index (κ1) is 37.2. The van der Waals surface area contributed by atoms with Gasteiger partial charge >= 0.3 is 0 Å². The number of rotatable bonds is 7. The Hall–Kier alpha value is -7.82. The molecule has 0 atom stereocenters. The Kier molecular flexibility index (Phi) is 9.01. The quantitative estimate of drug-likeness (QED) is 0.119. The van der Waals surface area contributed by atoms with Gasteiger partial charge in [-0.1, -0.05) is 187 Å². The molecule has 4 nitrogen and oxygen atoms in total. The second-order valence-corrected chi connectivity index (χ2v) is 16.6. The highest BCUT2D eigenvalue weighted by molar-refractivity contribution is 6.05. The van der Waals surface area contributed by atoms with Gasteiger partial charge < -0.3 is 0 Å². The Morgan fingerprint density at radius 1 is 0.274 bits per heavy atom.